The quantitative estimate of drug-likeness (QED) is 0.225. The third-order valence-electron chi connectivity index (χ3n) is 11.9. The second kappa shape index (κ2) is 12.6. The van der Waals surface area contributed by atoms with Crippen molar-refractivity contribution in [3.63, 3.8) is 0 Å². The largest absolute Gasteiger partial charge is 0.504 e. The first-order valence-corrected chi connectivity index (χ1v) is 19.0. The average Bonchev–Trinajstić information content (AvgIpc) is 3.64. The third-order valence-corrected chi connectivity index (χ3v) is 13.4. The molecule has 3 aromatic carbocycles. The lowest BCUT2D eigenvalue weighted by Crippen LogP contribution is -2.69. The molecule has 15 heteroatoms. The van der Waals surface area contributed by atoms with E-state index in [1.165, 1.54) is 32.9 Å². The number of piperazine rings is 1. The van der Waals surface area contributed by atoms with E-state index in [1.807, 2.05) is 19.9 Å². The maximum absolute atomic E-state index is 14.7. The van der Waals surface area contributed by atoms with Gasteiger partial charge in [-0.2, -0.15) is 5.26 Å². The fraction of sp³-hybridized carbons (Fsp3) is 0.462. The first kappa shape index (κ1) is 34.9. The molecule has 4 bridgehead atoms. The number of nitrogens with one attached hydrogen (secondary N) is 2. The number of rotatable bonds is 3. The van der Waals surface area contributed by atoms with E-state index in [9.17, 15) is 25.1 Å². The molecule has 0 radical (unpaired) electrons. The normalized spacial score (nSPS) is 28.9. The highest BCUT2D eigenvalue weighted by Crippen LogP contribution is 2.63. The Balaban J connectivity index is 1.32. The number of nitriles is 1. The van der Waals surface area contributed by atoms with Gasteiger partial charge in [-0.15, -0.1) is 11.8 Å². The van der Waals surface area contributed by atoms with Crippen molar-refractivity contribution in [3.8, 4) is 46.3 Å². The van der Waals surface area contributed by atoms with Crippen LogP contribution < -0.4 is 34.3 Å². The number of aryl methyl sites for hydroxylation is 1. The summed E-state index contributed by atoms with van der Waals surface area (Å²) in [4.78, 5) is 29.7. The first-order valence-electron chi connectivity index (χ1n) is 17.9. The SMILES string of the molecule is COc1cc2c(cc1O)CCN[C@]21CS[C@@H]2c3c(OC(C)=O)c(C)c4c(c3[C@@H](COC1=O)N1C2[C@@H]2N[C@H](Cc3cc(C)c(OC)c(O)c32)[C@@H]1C#N)OCO4. The third kappa shape index (κ3) is 4.76. The maximum Gasteiger partial charge on any atom is 0.331 e. The molecule has 1 spiro atoms. The van der Waals surface area contributed by atoms with Gasteiger partial charge in [0.05, 0.1) is 37.6 Å². The topological polar surface area (TPSA) is 181 Å². The predicted molar refractivity (Wildman–Crippen MR) is 193 cm³/mol. The summed E-state index contributed by atoms with van der Waals surface area (Å²) in [6, 6.07) is 5.06. The molecule has 14 nitrogen and oxygen atoms in total. The van der Waals surface area contributed by atoms with Gasteiger partial charge in [0.2, 0.25) is 6.79 Å². The van der Waals surface area contributed by atoms with Crippen molar-refractivity contribution >= 4 is 23.7 Å². The Morgan fingerprint density at radius 3 is 2.59 bits per heavy atom. The van der Waals surface area contributed by atoms with Gasteiger partial charge in [0, 0.05) is 53.6 Å². The summed E-state index contributed by atoms with van der Waals surface area (Å²) in [6.45, 7) is 5.25. The van der Waals surface area contributed by atoms with Crippen LogP contribution in [0, 0.1) is 25.2 Å². The number of phenolic OH excluding ortho intramolecular Hbond substituents is 2. The molecule has 282 valence electrons. The highest BCUT2D eigenvalue weighted by Gasteiger charge is 2.60. The molecule has 10 rings (SSSR count). The highest BCUT2D eigenvalue weighted by molar-refractivity contribution is 7.99. The molecule has 0 saturated carbocycles. The molecular weight excluding hydrogens is 717 g/mol. The number of methoxy groups -OCH3 is 2. The minimum Gasteiger partial charge on any atom is -0.504 e. The number of thioether (sulfide) groups is 1. The predicted octanol–water partition coefficient (Wildman–Crippen LogP) is 3.64. The van der Waals surface area contributed by atoms with Gasteiger partial charge in [-0.1, -0.05) is 6.07 Å². The van der Waals surface area contributed by atoms with E-state index in [2.05, 4.69) is 21.6 Å². The molecule has 2 fully saturated rings. The number of aromatic hydroxyl groups is 2. The number of hydrogen-bond donors (Lipinski definition) is 4. The fourth-order valence-electron chi connectivity index (χ4n) is 9.79. The number of nitrogens with zero attached hydrogens (tertiary/aromatic N) is 2. The Morgan fingerprint density at radius 2 is 1.85 bits per heavy atom. The lowest BCUT2D eigenvalue weighted by atomic mass is 9.72. The summed E-state index contributed by atoms with van der Waals surface area (Å²) in [5.74, 6) is 0.913. The molecule has 0 amide bonds. The summed E-state index contributed by atoms with van der Waals surface area (Å²) >= 11 is 1.46. The number of carbonyl (C=O) groups excluding carboxylic acids is 2. The van der Waals surface area contributed by atoms with Gasteiger partial charge < -0.3 is 44.0 Å². The van der Waals surface area contributed by atoms with Crippen molar-refractivity contribution in [2.24, 2.45) is 0 Å². The molecule has 3 aromatic rings. The van der Waals surface area contributed by atoms with E-state index >= 15 is 0 Å². The molecule has 7 heterocycles. The molecule has 7 aliphatic heterocycles. The second-order valence-corrected chi connectivity index (χ2v) is 15.8. The monoisotopic (exact) mass is 756 g/mol. The van der Waals surface area contributed by atoms with Gasteiger partial charge in [0.1, 0.15) is 18.4 Å². The van der Waals surface area contributed by atoms with Crippen LogP contribution >= 0.6 is 11.8 Å². The Hall–Kier alpha value is -4.88. The Bertz CT molecular complexity index is 2190. The van der Waals surface area contributed by atoms with Crippen molar-refractivity contribution in [3.05, 3.63) is 62.7 Å². The van der Waals surface area contributed by atoms with E-state index in [0.29, 0.717) is 70.2 Å². The lowest BCUT2D eigenvalue weighted by Gasteiger charge is -2.59. The van der Waals surface area contributed by atoms with Crippen LogP contribution in [0.3, 0.4) is 0 Å². The molecule has 4 N–H and O–H groups in total. The second-order valence-electron chi connectivity index (χ2n) is 14.7. The number of esters is 2. The molecule has 7 atom stereocenters. The van der Waals surface area contributed by atoms with E-state index in [4.69, 9.17) is 28.4 Å². The molecule has 0 aliphatic carbocycles. The van der Waals surface area contributed by atoms with Crippen LogP contribution in [0.25, 0.3) is 0 Å². The van der Waals surface area contributed by atoms with E-state index in [-0.39, 0.29) is 42.4 Å². The molecule has 7 aliphatic rings. The van der Waals surface area contributed by atoms with Crippen molar-refractivity contribution in [1.29, 1.82) is 5.26 Å². The fourth-order valence-corrected chi connectivity index (χ4v) is 11.5. The zero-order valence-electron chi connectivity index (χ0n) is 30.4. The summed E-state index contributed by atoms with van der Waals surface area (Å²) in [5.41, 5.74) is 4.33. The van der Waals surface area contributed by atoms with Gasteiger partial charge in [0.25, 0.3) is 0 Å². The standard InChI is InChI=1S/C39H40N4O10S/c1-16-8-20-9-22-23(12-40)43-24-13-50-38(47)39(21-11-26(48-4)25(45)10-19(21)6-7-41-39)14-54-37(31(43)30(42-22)27(20)32(46)33(16)49-5)29-28(24)36-35(51-15-52-36)17(2)34(29)53-18(3)44/h8,10-11,22-24,30-31,37,41-42,45-46H,6-7,9,13-15H2,1-5H3/t22-,23+,24-,30-,31?,37-,39-/m1/s1. The summed E-state index contributed by atoms with van der Waals surface area (Å²) in [7, 11) is 2.99. The van der Waals surface area contributed by atoms with Crippen LogP contribution in [0.2, 0.25) is 0 Å². The summed E-state index contributed by atoms with van der Waals surface area (Å²) in [5, 5.41) is 40.3. The number of hydrogen-bond acceptors (Lipinski definition) is 15. The minimum atomic E-state index is -1.36. The first-order chi connectivity index (χ1) is 26.0. The van der Waals surface area contributed by atoms with E-state index in [0.717, 1.165) is 16.7 Å². The number of benzene rings is 3. The van der Waals surface area contributed by atoms with Crippen LogP contribution in [0.1, 0.15) is 68.8 Å². The minimum absolute atomic E-state index is 0.0248. The van der Waals surface area contributed by atoms with Crippen LogP contribution in [0.15, 0.2) is 18.2 Å². The molecule has 1 unspecified atom stereocenters. The van der Waals surface area contributed by atoms with Gasteiger partial charge in [0.15, 0.2) is 40.0 Å². The molecular formula is C39H40N4O10S. The molecule has 0 aromatic heterocycles. The highest BCUT2D eigenvalue weighted by atomic mass is 32.2. The smallest absolute Gasteiger partial charge is 0.331 e. The van der Waals surface area contributed by atoms with Gasteiger partial charge in [-0.25, -0.2) is 4.79 Å². The van der Waals surface area contributed by atoms with E-state index in [1.54, 1.807) is 12.1 Å². The van der Waals surface area contributed by atoms with Crippen LogP contribution in [0.5, 0.6) is 40.2 Å². The Kier molecular flexibility index (Phi) is 8.13. The van der Waals surface area contributed by atoms with Crippen molar-refractivity contribution in [1.82, 2.24) is 15.5 Å². The lowest BCUT2D eigenvalue weighted by molar-refractivity contribution is -0.155. The zero-order chi connectivity index (χ0) is 37.8. The number of ether oxygens (including phenoxy) is 6. The van der Waals surface area contributed by atoms with Crippen molar-refractivity contribution in [2.75, 3.05) is 39.9 Å². The van der Waals surface area contributed by atoms with Crippen molar-refractivity contribution < 1.29 is 48.2 Å². The summed E-state index contributed by atoms with van der Waals surface area (Å²) in [6.07, 6.45) is 1.03. The Labute approximate surface area is 315 Å². The van der Waals surface area contributed by atoms with Gasteiger partial charge in [-0.05, 0) is 61.1 Å². The van der Waals surface area contributed by atoms with Crippen LogP contribution in [-0.4, -0.2) is 85.1 Å². The van der Waals surface area contributed by atoms with Crippen LogP contribution in [-0.2, 0) is 32.7 Å². The average molecular weight is 757 g/mol. The summed E-state index contributed by atoms with van der Waals surface area (Å²) < 4.78 is 35.9. The van der Waals surface area contributed by atoms with Gasteiger partial charge in [-0.3, -0.25) is 15.0 Å². The molecule has 54 heavy (non-hydrogen) atoms. The van der Waals surface area contributed by atoms with E-state index < -0.39 is 46.9 Å². The Morgan fingerprint density at radius 1 is 1.06 bits per heavy atom. The molecule has 2 saturated heterocycles. The zero-order valence-corrected chi connectivity index (χ0v) is 31.2. The number of carbonyl (C=O) groups is 2. The van der Waals surface area contributed by atoms with Gasteiger partial charge >= 0.3 is 11.9 Å². The number of fused-ring (bicyclic) bond motifs is 9. The number of phenols is 2. The maximum atomic E-state index is 14.7. The van der Waals surface area contributed by atoms with Crippen molar-refractivity contribution in [2.45, 2.75) is 74.6 Å². The van der Waals surface area contributed by atoms with Crippen LogP contribution in [0.4, 0.5) is 0 Å².